The predicted octanol–water partition coefficient (Wildman–Crippen LogP) is 1.97. The van der Waals surface area contributed by atoms with Crippen LogP contribution in [0.25, 0.3) is 0 Å². The van der Waals surface area contributed by atoms with Crippen LogP contribution in [0.1, 0.15) is 56.3 Å². The van der Waals surface area contributed by atoms with Crippen LogP contribution < -0.4 is 16.4 Å². The molecule has 6 nitrogen and oxygen atoms in total. The van der Waals surface area contributed by atoms with Crippen LogP contribution in [0.4, 0.5) is 10.8 Å². The van der Waals surface area contributed by atoms with Crippen molar-refractivity contribution >= 4 is 28.3 Å². The van der Waals surface area contributed by atoms with Crippen LogP contribution in [0, 0.1) is 0 Å². The van der Waals surface area contributed by atoms with E-state index < -0.39 is 5.60 Å². The molecular weight excluding hydrogens is 288 g/mol. The Kier molecular flexibility index (Phi) is 5.05. The molecule has 0 radical (unpaired) electrons. The topological polar surface area (TPSA) is 100 Å². The molecule has 1 aliphatic rings. The first-order valence-electron chi connectivity index (χ1n) is 7.43. The molecule has 1 amide bonds. The number of amides is 1. The number of nitrogens with one attached hydrogen (secondary N) is 2. The summed E-state index contributed by atoms with van der Waals surface area (Å²) in [6.07, 6.45) is 4.86. The lowest BCUT2D eigenvalue weighted by atomic mass is 9.85. The van der Waals surface area contributed by atoms with Gasteiger partial charge >= 0.3 is 0 Å². The minimum Gasteiger partial charge on any atom is -0.388 e. The number of carbonyl (C=O) groups excluding carboxylic acids is 1. The molecule has 1 heterocycles. The van der Waals surface area contributed by atoms with Gasteiger partial charge in [0.15, 0.2) is 5.82 Å². The van der Waals surface area contributed by atoms with Crippen LogP contribution in [0.3, 0.4) is 0 Å². The lowest BCUT2D eigenvalue weighted by Gasteiger charge is -2.32. The minimum atomic E-state index is -0.692. The minimum absolute atomic E-state index is 0.0344. The Bertz CT molecular complexity index is 495. The highest BCUT2D eigenvalue weighted by Gasteiger charge is 2.30. The van der Waals surface area contributed by atoms with Gasteiger partial charge < -0.3 is 21.5 Å². The number of aliphatic hydroxyl groups is 1. The van der Waals surface area contributed by atoms with Gasteiger partial charge in [0, 0.05) is 12.6 Å². The third-order valence-corrected chi connectivity index (χ3v) is 4.55. The molecule has 1 aliphatic carbocycles. The van der Waals surface area contributed by atoms with Crippen molar-refractivity contribution in [2.45, 2.75) is 57.6 Å². The molecule has 0 bridgehead atoms. The van der Waals surface area contributed by atoms with E-state index in [0.717, 1.165) is 37.2 Å². The average molecular weight is 312 g/mol. The summed E-state index contributed by atoms with van der Waals surface area (Å²) in [6.45, 7) is 4.22. The zero-order chi connectivity index (χ0) is 15.5. The fraction of sp³-hybridized carbons (Fsp3) is 0.714. The second-order valence-corrected chi connectivity index (χ2v) is 6.81. The second kappa shape index (κ2) is 6.62. The van der Waals surface area contributed by atoms with Gasteiger partial charge in [-0.25, -0.2) is 0 Å². The molecule has 1 saturated carbocycles. The van der Waals surface area contributed by atoms with Gasteiger partial charge in [-0.2, -0.15) is 4.37 Å². The summed E-state index contributed by atoms with van der Waals surface area (Å²) in [5.41, 5.74) is 5.49. The van der Waals surface area contributed by atoms with Crippen LogP contribution >= 0.6 is 11.5 Å². The Balaban J connectivity index is 2.05. The summed E-state index contributed by atoms with van der Waals surface area (Å²) in [5.74, 6) is 0.00525. The molecule has 21 heavy (non-hydrogen) atoms. The number of hydrogen-bond donors (Lipinski definition) is 4. The molecule has 0 spiro atoms. The third kappa shape index (κ3) is 4.07. The molecule has 2 rings (SSSR count). The third-order valence-electron chi connectivity index (χ3n) is 3.73. The summed E-state index contributed by atoms with van der Waals surface area (Å²) in [7, 11) is 0. The summed E-state index contributed by atoms with van der Waals surface area (Å²) < 4.78 is 4.05. The molecule has 0 saturated heterocycles. The quantitative estimate of drug-likeness (QED) is 0.666. The molecule has 5 N–H and O–H groups in total. The highest BCUT2D eigenvalue weighted by atomic mass is 32.1. The van der Waals surface area contributed by atoms with Gasteiger partial charge in [0.05, 0.1) is 5.60 Å². The maximum Gasteiger partial charge on any atom is 0.258 e. The number of aromatic nitrogens is 1. The number of anilines is 2. The number of nitrogen functional groups attached to an aromatic ring is 1. The summed E-state index contributed by atoms with van der Waals surface area (Å²) >= 11 is 1.16. The number of carbonyl (C=O) groups is 1. The maximum atomic E-state index is 12.2. The van der Waals surface area contributed by atoms with Gasteiger partial charge in [0.2, 0.25) is 0 Å². The Morgan fingerprint density at radius 3 is 2.71 bits per heavy atom. The molecule has 1 fully saturated rings. The van der Waals surface area contributed by atoms with Crippen LogP contribution in [-0.2, 0) is 0 Å². The highest BCUT2D eigenvalue weighted by molar-refractivity contribution is 7.11. The summed E-state index contributed by atoms with van der Waals surface area (Å²) in [4.78, 5) is 12.2. The van der Waals surface area contributed by atoms with Gasteiger partial charge in [-0.15, -0.1) is 0 Å². The fourth-order valence-electron chi connectivity index (χ4n) is 2.61. The zero-order valence-electron chi connectivity index (χ0n) is 12.6. The molecule has 1 aromatic rings. The Hall–Kier alpha value is -1.34. The van der Waals surface area contributed by atoms with Crippen molar-refractivity contribution < 1.29 is 9.90 Å². The van der Waals surface area contributed by atoms with Crippen molar-refractivity contribution in [3.8, 4) is 0 Å². The number of hydrogen-bond acceptors (Lipinski definition) is 6. The molecular formula is C14H24N4O2S. The first-order chi connectivity index (χ1) is 9.91. The fourth-order valence-corrected chi connectivity index (χ4v) is 3.31. The molecule has 0 unspecified atom stereocenters. The summed E-state index contributed by atoms with van der Waals surface area (Å²) in [6, 6.07) is 0.0344. The van der Waals surface area contributed by atoms with E-state index in [1.807, 2.05) is 13.8 Å². The first kappa shape index (κ1) is 16.0. The van der Waals surface area contributed by atoms with Gasteiger partial charge in [-0.1, -0.05) is 19.3 Å². The summed E-state index contributed by atoms with van der Waals surface area (Å²) in [5, 5.41) is 17.1. The number of rotatable bonds is 5. The van der Waals surface area contributed by atoms with Crippen molar-refractivity contribution in [1.82, 2.24) is 9.69 Å². The zero-order valence-corrected chi connectivity index (χ0v) is 13.4. The Labute approximate surface area is 129 Å². The second-order valence-electron chi connectivity index (χ2n) is 6.04. The standard InChI is InChI=1S/C14H24N4O2S/c1-9(2)17-12(19)10-11(15)18-21-13(10)16-8-14(20)6-4-3-5-7-14/h9,16,20H,3-8H2,1-2H3,(H2,15,18)(H,17,19). The van der Waals surface area contributed by atoms with Gasteiger partial charge in [-0.05, 0) is 38.2 Å². The van der Waals surface area contributed by atoms with Crippen LogP contribution in [0.5, 0.6) is 0 Å². The Morgan fingerprint density at radius 2 is 2.10 bits per heavy atom. The van der Waals surface area contributed by atoms with E-state index in [1.165, 1.54) is 6.42 Å². The van der Waals surface area contributed by atoms with Gasteiger partial charge in [-0.3, -0.25) is 4.79 Å². The van der Waals surface area contributed by atoms with E-state index in [0.29, 0.717) is 17.1 Å². The monoisotopic (exact) mass is 312 g/mol. The largest absolute Gasteiger partial charge is 0.388 e. The average Bonchev–Trinajstić information content (AvgIpc) is 2.78. The van der Waals surface area contributed by atoms with Crippen molar-refractivity contribution in [1.29, 1.82) is 0 Å². The van der Waals surface area contributed by atoms with Crippen LogP contribution in [0.15, 0.2) is 0 Å². The van der Waals surface area contributed by atoms with Gasteiger partial charge in [0.1, 0.15) is 10.6 Å². The lowest BCUT2D eigenvalue weighted by molar-refractivity contribution is 0.0167. The number of nitrogens with two attached hydrogens (primary N) is 1. The van der Waals surface area contributed by atoms with Crippen LogP contribution in [-0.4, -0.2) is 33.6 Å². The van der Waals surface area contributed by atoms with E-state index in [-0.39, 0.29) is 17.8 Å². The SMILES string of the molecule is CC(C)NC(=O)c1c(N)nsc1NCC1(O)CCCCC1. The molecule has 1 aromatic heterocycles. The van der Waals surface area contributed by atoms with E-state index in [2.05, 4.69) is 15.0 Å². The van der Waals surface area contributed by atoms with E-state index in [9.17, 15) is 9.90 Å². The normalized spacial score (nSPS) is 17.7. The molecule has 7 heteroatoms. The van der Waals surface area contributed by atoms with Gasteiger partial charge in [0.25, 0.3) is 5.91 Å². The van der Waals surface area contributed by atoms with Crippen molar-refractivity contribution in [2.75, 3.05) is 17.6 Å². The molecule has 118 valence electrons. The van der Waals surface area contributed by atoms with E-state index >= 15 is 0 Å². The van der Waals surface area contributed by atoms with E-state index in [4.69, 9.17) is 5.73 Å². The van der Waals surface area contributed by atoms with Crippen LogP contribution in [0.2, 0.25) is 0 Å². The Morgan fingerprint density at radius 1 is 1.43 bits per heavy atom. The maximum absolute atomic E-state index is 12.2. The lowest BCUT2D eigenvalue weighted by Crippen LogP contribution is -2.39. The van der Waals surface area contributed by atoms with E-state index in [1.54, 1.807) is 0 Å². The first-order valence-corrected chi connectivity index (χ1v) is 8.21. The number of nitrogens with zero attached hydrogens (tertiary/aromatic N) is 1. The van der Waals surface area contributed by atoms with Crippen molar-refractivity contribution in [3.63, 3.8) is 0 Å². The van der Waals surface area contributed by atoms with Crippen molar-refractivity contribution in [3.05, 3.63) is 5.56 Å². The highest BCUT2D eigenvalue weighted by Crippen LogP contribution is 2.31. The smallest absolute Gasteiger partial charge is 0.258 e. The molecule has 0 atom stereocenters. The van der Waals surface area contributed by atoms with Crippen molar-refractivity contribution in [2.24, 2.45) is 0 Å². The molecule has 0 aliphatic heterocycles. The molecule has 0 aromatic carbocycles. The predicted molar refractivity (Wildman–Crippen MR) is 85.7 cm³/mol.